The number of rotatable bonds is 2. The number of carbonyl (C=O) groups is 1. The molecule has 2 aliphatic rings. The molecule has 11 heteroatoms. The molecule has 0 spiro atoms. The van der Waals surface area contributed by atoms with Crippen LogP contribution in [-0.2, 0) is 20.5 Å². The van der Waals surface area contributed by atoms with Crippen LogP contribution in [0.3, 0.4) is 0 Å². The van der Waals surface area contributed by atoms with Gasteiger partial charge in [0.15, 0.2) is 23.1 Å². The molecular weight excluding hydrogens is 447 g/mol. The van der Waals surface area contributed by atoms with E-state index in [4.69, 9.17) is 0 Å². The van der Waals surface area contributed by atoms with Crippen molar-refractivity contribution in [1.82, 2.24) is 34.4 Å². The molecule has 1 saturated heterocycles. The third-order valence-corrected chi connectivity index (χ3v) is 6.90. The minimum atomic E-state index is -1.50. The average molecular weight is 467 g/mol. The lowest BCUT2D eigenvalue weighted by molar-refractivity contribution is 0.0388. The summed E-state index contributed by atoms with van der Waals surface area (Å²) in [6.45, 7) is 0. The molecule has 2 aliphatic heterocycles. The standard InChI is InChI=1S/C23H20F3N7O/c1-31-21(11-6-15(24)18(26)16(25)7-11)13-8-12-4-3-5-17(19(13)30-31)33(12)23(34)20-14-9-29-32(2)22(14)28-10-27-20/h6-7,9-10,12,17H,3-5,8H2,1-2H3/t12-,17+/m1/s1. The smallest absolute Gasteiger partial charge is 0.274 e. The molecule has 8 nitrogen and oxygen atoms in total. The van der Waals surface area contributed by atoms with E-state index in [2.05, 4.69) is 20.2 Å². The van der Waals surface area contributed by atoms with E-state index in [9.17, 15) is 18.0 Å². The Morgan fingerprint density at radius 2 is 1.82 bits per heavy atom. The number of fused-ring (bicyclic) bond motifs is 5. The number of aromatic nitrogens is 6. The summed E-state index contributed by atoms with van der Waals surface area (Å²) in [5.41, 5.74) is 3.15. The van der Waals surface area contributed by atoms with Crippen molar-refractivity contribution in [3.05, 3.63) is 59.1 Å². The highest BCUT2D eigenvalue weighted by Gasteiger charge is 2.44. The molecule has 174 valence electrons. The zero-order valence-corrected chi connectivity index (χ0v) is 18.5. The fourth-order valence-corrected chi connectivity index (χ4v) is 5.46. The molecule has 3 aromatic heterocycles. The Bertz CT molecular complexity index is 1450. The number of hydrogen-bond donors (Lipinski definition) is 0. The van der Waals surface area contributed by atoms with Crippen LogP contribution in [0, 0.1) is 17.5 Å². The summed E-state index contributed by atoms with van der Waals surface area (Å²) in [6.07, 6.45) is 5.84. The fraction of sp³-hybridized carbons (Fsp3) is 0.348. The summed E-state index contributed by atoms with van der Waals surface area (Å²) < 4.78 is 44.7. The highest BCUT2D eigenvalue weighted by Crippen LogP contribution is 2.45. The maximum atomic E-state index is 14.0. The van der Waals surface area contributed by atoms with E-state index in [0.29, 0.717) is 35.3 Å². The number of hydrogen-bond acceptors (Lipinski definition) is 5. The van der Waals surface area contributed by atoms with Gasteiger partial charge < -0.3 is 4.90 Å². The topological polar surface area (TPSA) is 81.7 Å². The molecule has 34 heavy (non-hydrogen) atoms. The van der Waals surface area contributed by atoms with Crippen LogP contribution in [0.5, 0.6) is 0 Å². The molecule has 1 fully saturated rings. The molecule has 0 N–H and O–H groups in total. The molecule has 0 unspecified atom stereocenters. The maximum Gasteiger partial charge on any atom is 0.274 e. The molecule has 2 atom stereocenters. The highest BCUT2D eigenvalue weighted by molar-refractivity contribution is 6.03. The van der Waals surface area contributed by atoms with Crippen molar-refractivity contribution in [2.45, 2.75) is 37.8 Å². The second-order valence-electron chi connectivity index (χ2n) is 8.83. The number of amides is 1. The van der Waals surface area contributed by atoms with Crippen LogP contribution in [0.1, 0.15) is 47.1 Å². The third kappa shape index (κ3) is 2.88. The van der Waals surface area contributed by atoms with Crippen molar-refractivity contribution in [3.8, 4) is 11.3 Å². The molecular formula is C23H20F3N7O. The second kappa shape index (κ2) is 7.37. The van der Waals surface area contributed by atoms with Crippen LogP contribution in [0.2, 0.25) is 0 Å². The van der Waals surface area contributed by atoms with E-state index in [-0.39, 0.29) is 29.2 Å². The highest BCUT2D eigenvalue weighted by atomic mass is 19.2. The van der Waals surface area contributed by atoms with Gasteiger partial charge in [-0.25, -0.2) is 23.1 Å². The summed E-state index contributed by atoms with van der Waals surface area (Å²) in [6, 6.07) is 1.55. The number of halogens is 3. The van der Waals surface area contributed by atoms with Gasteiger partial charge in [0.05, 0.1) is 29.0 Å². The summed E-state index contributed by atoms with van der Waals surface area (Å²) in [7, 11) is 3.44. The Hall–Kier alpha value is -3.76. The first kappa shape index (κ1) is 20.8. The lowest BCUT2D eigenvalue weighted by atomic mass is 9.81. The first-order valence-corrected chi connectivity index (χ1v) is 11.0. The molecule has 4 aromatic rings. The minimum absolute atomic E-state index is 0.126. The first-order chi connectivity index (χ1) is 16.3. The van der Waals surface area contributed by atoms with Crippen LogP contribution in [-0.4, -0.2) is 46.4 Å². The molecule has 0 aliphatic carbocycles. The summed E-state index contributed by atoms with van der Waals surface area (Å²) in [5.74, 6) is -4.21. The molecule has 0 radical (unpaired) electrons. The lowest BCUT2D eigenvalue weighted by Gasteiger charge is -2.45. The van der Waals surface area contributed by atoms with Crippen molar-refractivity contribution >= 4 is 16.9 Å². The zero-order valence-electron chi connectivity index (χ0n) is 18.5. The van der Waals surface area contributed by atoms with Crippen LogP contribution in [0.4, 0.5) is 13.2 Å². The SMILES string of the molecule is Cn1nc2c(c1-c1cc(F)c(F)c(F)c1)C[C@H]1CCC[C@@H]2N1C(=O)c1ncnc2c1cnn2C. The predicted octanol–water partition coefficient (Wildman–Crippen LogP) is 3.47. The van der Waals surface area contributed by atoms with Gasteiger partial charge in [0.2, 0.25) is 0 Å². The Balaban J connectivity index is 1.46. The first-order valence-electron chi connectivity index (χ1n) is 11.0. The number of benzene rings is 1. The molecule has 1 aromatic carbocycles. The summed E-state index contributed by atoms with van der Waals surface area (Å²) in [5, 5.41) is 9.44. The molecule has 0 saturated carbocycles. The van der Waals surface area contributed by atoms with Gasteiger partial charge in [-0.2, -0.15) is 10.2 Å². The number of piperidine rings is 1. The van der Waals surface area contributed by atoms with Gasteiger partial charge in [-0.1, -0.05) is 0 Å². The van der Waals surface area contributed by atoms with E-state index in [1.807, 2.05) is 4.90 Å². The quantitative estimate of drug-likeness (QED) is 0.422. The van der Waals surface area contributed by atoms with Crippen molar-refractivity contribution in [2.24, 2.45) is 14.1 Å². The van der Waals surface area contributed by atoms with E-state index in [0.717, 1.165) is 30.5 Å². The number of nitrogens with zero attached hydrogens (tertiary/aromatic N) is 7. The van der Waals surface area contributed by atoms with Crippen molar-refractivity contribution < 1.29 is 18.0 Å². The third-order valence-electron chi connectivity index (χ3n) is 6.90. The fourth-order valence-electron chi connectivity index (χ4n) is 5.46. The molecule has 5 heterocycles. The Kier molecular flexibility index (Phi) is 4.51. The zero-order chi connectivity index (χ0) is 23.7. The monoisotopic (exact) mass is 467 g/mol. The van der Waals surface area contributed by atoms with Gasteiger partial charge in [0, 0.05) is 31.3 Å². The van der Waals surface area contributed by atoms with Gasteiger partial charge in [0.1, 0.15) is 12.0 Å². The summed E-state index contributed by atoms with van der Waals surface area (Å²) >= 11 is 0. The predicted molar refractivity (Wildman–Crippen MR) is 115 cm³/mol. The Morgan fingerprint density at radius 1 is 1.06 bits per heavy atom. The summed E-state index contributed by atoms with van der Waals surface area (Å²) in [4.78, 5) is 24.1. The van der Waals surface area contributed by atoms with E-state index < -0.39 is 17.5 Å². The average Bonchev–Trinajstić information content (AvgIpc) is 3.35. The van der Waals surface area contributed by atoms with Crippen molar-refractivity contribution in [3.63, 3.8) is 0 Å². The number of carbonyl (C=O) groups excluding carboxylic acids is 1. The van der Waals surface area contributed by atoms with Crippen molar-refractivity contribution in [1.29, 1.82) is 0 Å². The van der Waals surface area contributed by atoms with E-state index >= 15 is 0 Å². The van der Waals surface area contributed by atoms with Gasteiger partial charge in [0.25, 0.3) is 5.91 Å². The lowest BCUT2D eigenvalue weighted by Crippen LogP contribution is -2.50. The van der Waals surface area contributed by atoms with Crippen LogP contribution < -0.4 is 0 Å². The molecule has 6 rings (SSSR count). The van der Waals surface area contributed by atoms with Crippen LogP contribution in [0.25, 0.3) is 22.3 Å². The van der Waals surface area contributed by atoms with Crippen LogP contribution in [0.15, 0.2) is 24.7 Å². The normalized spacial score (nSPS) is 19.5. The largest absolute Gasteiger partial charge is 0.325 e. The Morgan fingerprint density at radius 3 is 2.59 bits per heavy atom. The van der Waals surface area contributed by atoms with Gasteiger partial charge in [-0.15, -0.1) is 0 Å². The van der Waals surface area contributed by atoms with Gasteiger partial charge >= 0.3 is 0 Å². The van der Waals surface area contributed by atoms with Crippen molar-refractivity contribution in [2.75, 3.05) is 0 Å². The van der Waals surface area contributed by atoms with E-state index in [1.165, 1.54) is 6.33 Å². The minimum Gasteiger partial charge on any atom is -0.325 e. The van der Waals surface area contributed by atoms with Gasteiger partial charge in [-0.3, -0.25) is 14.2 Å². The maximum absolute atomic E-state index is 14.0. The molecule has 1 amide bonds. The Labute approximate surface area is 192 Å². The molecule has 2 bridgehead atoms. The number of aryl methyl sites for hydroxylation is 2. The second-order valence-corrected chi connectivity index (χ2v) is 8.83. The van der Waals surface area contributed by atoms with Crippen LogP contribution >= 0.6 is 0 Å². The van der Waals surface area contributed by atoms with Gasteiger partial charge in [-0.05, 0) is 37.8 Å². The van der Waals surface area contributed by atoms with E-state index in [1.54, 1.807) is 29.7 Å².